The molecule has 1 amide bonds. The van der Waals surface area contributed by atoms with Crippen LogP contribution < -0.4 is 5.32 Å². The minimum absolute atomic E-state index is 0.104. The van der Waals surface area contributed by atoms with Gasteiger partial charge in [-0.1, -0.05) is 49.4 Å². The number of anilines is 1. The third kappa shape index (κ3) is 5.15. The summed E-state index contributed by atoms with van der Waals surface area (Å²) < 4.78 is 2.14. The molecule has 1 aliphatic carbocycles. The first-order chi connectivity index (χ1) is 16.2. The van der Waals surface area contributed by atoms with Crippen LogP contribution >= 0.6 is 23.1 Å². The van der Waals surface area contributed by atoms with Crippen molar-refractivity contribution in [2.45, 2.75) is 43.8 Å². The van der Waals surface area contributed by atoms with E-state index in [-0.39, 0.29) is 11.7 Å². The number of pyridine rings is 1. The van der Waals surface area contributed by atoms with Gasteiger partial charge in [0.1, 0.15) is 0 Å². The first-order valence-corrected chi connectivity index (χ1v) is 12.9. The second-order valence-electron chi connectivity index (χ2n) is 7.97. The van der Waals surface area contributed by atoms with E-state index in [4.69, 9.17) is 0 Å². The Labute approximate surface area is 200 Å². The maximum atomic E-state index is 12.6. The minimum atomic E-state index is -0.104. The molecular formula is C24H24N6OS2. The monoisotopic (exact) mass is 476 g/mol. The van der Waals surface area contributed by atoms with Crippen molar-refractivity contribution in [1.82, 2.24) is 24.7 Å². The zero-order valence-electron chi connectivity index (χ0n) is 18.3. The van der Waals surface area contributed by atoms with Crippen LogP contribution in [0.2, 0.25) is 0 Å². The summed E-state index contributed by atoms with van der Waals surface area (Å²) in [5.41, 5.74) is 4.20. The smallest absolute Gasteiger partial charge is 0.236 e. The standard InChI is InChI=1S/C24H24N6OS2/c1-2-4-16-6-8-17(9-7-16)20-14-32-23(26-20)27-21(31)15-33-24-29-28-22(30(24)19-10-11-19)18-5-3-12-25-13-18/h3,5-9,12-14,19H,2,4,10-11,15H2,1H3,(H,26,27,31). The number of hydrogen-bond donors (Lipinski definition) is 1. The topological polar surface area (TPSA) is 85.6 Å². The number of hydrogen-bond acceptors (Lipinski definition) is 7. The van der Waals surface area contributed by atoms with E-state index in [0.717, 1.165) is 53.5 Å². The highest BCUT2D eigenvalue weighted by atomic mass is 32.2. The van der Waals surface area contributed by atoms with E-state index in [1.54, 1.807) is 12.4 Å². The molecule has 33 heavy (non-hydrogen) atoms. The Morgan fingerprint density at radius 3 is 2.76 bits per heavy atom. The summed E-state index contributed by atoms with van der Waals surface area (Å²) in [4.78, 5) is 21.4. The zero-order valence-corrected chi connectivity index (χ0v) is 19.9. The number of carbonyl (C=O) groups excluding carboxylic acids is 1. The Morgan fingerprint density at radius 1 is 1.18 bits per heavy atom. The van der Waals surface area contributed by atoms with Crippen LogP contribution in [0.3, 0.4) is 0 Å². The average molecular weight is 477 g/mol. The molecule has 0 spiro atoms. The molecule has 1 aromatic carbocycles. The maximum absolute atomic E-state index is 12.6. The van der Waals surface area contributed by atoms with E-state index >= 15 is 0 Å². The Morgan fingerprint density at radius 2 is 2.03 bits per heavy atom. The van der Waals surface area contributed by atoms with E-state index in [1.807, 2.05) is 17.5 Å². The summed E-state index contributed by atoms with van der Waals surface area (Å²) in [6.07, 6.45) is 7.95. The van der Waals surface area contributed by atoms with E-state index in [2.05, 4.69) is 61.2 Å². The van der Waals surface area contributed by atoms with E-state index in [0.29, 0.717) is 11.2 Å². The van der Waals surface area contributed by atoms with Crippen molar-refractivity contribution >= 4 is 34.1 Å². The molecule has 3 heterocycles. The number of rotatable bonds is 9. The van der Waals surface area contributed by atoms with Gasteiger partial charge in [-0.05, 0) is 37.0 Å². The van der Waals surface area contributed by atoms with Crippen molar-refractivity contribution in [3.05, 3.63) is 59.7 Å². The van der Waals surface area contributed by atoms with Crippen molar-refractivity contribution in [2.24, 2.45) is 0 Å². The zero-order chi connectivity index (χ0) is 22.6. The number of nitrogens with one attached hydrogen (secondary N) is 1. The maximum Gasteiger partial charge on any atom is 0.236 e. The van der Waals surface area contributed by atoms with Crippen molar-refractivity contribution < 1.29 is 4.79 Å². The van der Waals surface area contributed by atoms with Crippen molar-refractivity contribution in [3.8, 4) is 22.6 Å². The van der Waals surface area contributed by atoms with Gasteiger partial charge >= 0.3 is 0 Å². The Kier molecular flexibility index (Phi) is 6.50. The van der Waals surface area contributed by atoms with E-state index in [9.17, 15) is 4.79 Å². The van der Waals surface area contributed by atoms with Crippen LogP contribution in [-0.2, 0) is 11.2 Å². The lowest BCUT2D eigenvalue weighted by atomic mass is 10.1. The van der Waals surface area contributed by atoms with Crippen LogP contribution in [0, 0.1) is 0 Å². The van der Waals surface area contributed by atoms with Gasteiger partial charge in [-0.25, -0.2) is 4.98 Å². The van der Waals surface area contributed by atoms with E-state index < -0.39 is 0 Å². The molecule has 0 unspecified atom stereocenters. The predicted octanol–water partition coefficient (Wildman–Crippen LogP) is 5.48. The Bertz CT molecular complexity index is 1230. The first-order valence-electron chi connectivity index (χ1n) is 11.0. The lowest BCUT2D eigenvalue weighted by Gasteiger charge is -2.08. The molecule has 1 aliphatic rings. The molecule has 0 radical (unpaired) electrons. The van der Waals surface area contributed by atoms with Crippen LogP contribution in [0.25, 0.3) is 22.6 Å². The number of carbonyl (C=O) groups is 1. The number of amides is 1. The van der Waals surface area contributed by atoms with Gasteiger partial charge in [0.05, 0.1) is 11.4 Å². The Hall–Kier alpha value is -3.04. The molecule has 7 nitrogen and oxygen atoms in total. The second-order valence-corrected chi connectivity index (χ2v) is 9.77. The molecule has 9 heteroatoms. The molecule has 0 saturated heterocycles. The van der Waals surface area contributed by atoms with Crippen molar-refractivity contribution in [1.29, 1.82) is 0 Å². The molecule has 3 aromatic heterocycles. The number of aryl methyl sites for hydroxylation is 1. The van der Waals surface area contributed by atoms with Gasteiger partial charge in [-0.2, -0.15) is 0 Å². The summed E-state index contributed by atoms with van der Waals surface area (Å²) in [5.74, 6) is 0.953. The number of benzene rings is 1. The molecule has 168 valence electrons. The lowest BCUT2D eigenvalue weighted by Crippen LogP contribution is -2.14. The fraction of sp³-hybridized carbons (Fsp3) is 0.292. The van der Waals surface area contributed by atoms with Crippen LogP contribution in [-0.4, -0.2) is 36.4 Å². The molecule has 1 fully saturated rings. The van der Waals surface area contributed by atoms with Gasteiger partial charge in [0.15, 0.2) is 16.1 Å². The molecule has 0 bridgehead atoms. The quantitative estimate of drug-likeness (QED) is 0.322. The Balaban J connectivity index is 1.22. The molecule has 0 aliphatic heterocycles. The fourth-order valence-corrected chi connectivity index (χ4v) is 5.15. The van der Waals surface area contributed by atoms with Crippen LogP contribution in [0.1, 0.15) is 37.8 Å². The van der Waals surface area contributed by atoms with Crippen molar-refractivity contribution in [2.75, 3.05) is 11.1 Å². The summed E-state index contributed by atoms with van der Waals surface area (Å²) >= 11 is 2.84. The van der Waals surface area contributed by atoms with Gasteiger partial charge < -0.3 is 5.32 Å². The fourth-order valence-electron chi connectivity index (χ4n) is 3.61. The highest BCUT2D eigenvalue weighted by Crippen LogP contribution is 2.41. The van der Waals surface area contributed by atoms with E-state index in [1.165, 1.54) is 28.7 Å². The number of thiazole rings is 1. The molecular weight excluding hydrogens is 452 g/mol. The summed E-state index contributed by atoms with van der Waals surface area (Å²) in [6.45, 7) is 2.18. The van der Waals surface area contributed by atoms with Crippen LogP contribution in [0.4, 0.5) is 5.13 Å². The van der Waals surface area contributed by atoms with Crippen molar-refractivity contribution in [3.63, 3.8) is 0 Å². The second kappa shape index (κ2) is 9.84. The minimum Gasteiger partial charge on any atom is -0.301 e. The van der Waals surface area contributed by atoms with Gasteiger partial charge in [-0.15, -0.1) is 21.5 Å². The van der Waals surface area contributed by atoms with Gasteiger partial charge in [0.25, 0.3) is 0 Å². The normalized spacial score (nSPS) is 13.2. The van der Waals surface area contributed by atoms with Gasteiger partial charge in [-0.3, -0.25) is 14.3 Å². The average Bonchev–Trinajstić information content (AvgIpc) is 3.42. The van der Waals surface area contributed by atoms with Gasteiger partial charge in [0.2, 0.25) is 5.91 Å². The SMILES string of the molecule is CCCc1ccc(-c2csc(NC(=O)CSc3nnc(-c4cccnc4)n3C3CC3)n2)cc1. The predicted molar refractivity (Wildman–Crippen MR) is 132 cm³/mol. The molecule has 4 aromatic rings. The summed E-state index contributed by atoms with van der Waals surface area (Å²) in [5, 5.41) is 15.0. The third-order valence-electron chi connectivity index (χ3n) is 5.37. The highest BCUT2D eigenvalue weighted by molar-refractivity contribution is 7.99. The third-order valence-corrected chi connectivity index (χ3v) is 7.07. The summed E-state index contributed by atoms with van der Waals surface area (Å²) in [6, 6.07) is 12.7. The van der Waals surface area contributed by atoms with Gasteiger partial charge in [0, 0.05) is 34.9 Å². The summed E-state index contributed by atoms with van der Waals surface area (Å²) in [7, 11) is 0. The molecule has 1 N–H and O–H groups in total. The molecule has 5 rings (SSSR count). The number of aromatic nitrogens is 5. The first kappa shape index (κ1) is 21.8. The molecule has 0 atom stereocenters. The molecule has 1 saturated carbocycles. The number of nitrogens with zero attached hydrogens (tertiary/aromatic N) is 5. The largest absolute Gasteiger partial charge is 0.301 e. The number of thioether (sulfide) groups is 1. The van der Waals surface area contributed by atoms with Crippen LogP contribution in [0.5, 0.6) is 0 Å². The lowest BCUT2D eigenvalue weighted by molar-refractivity contribution is -0.113. The van der Waals surface area contributed by atoms with Crippen LogP contribution in [0.15, 0.2) is 59.3 Å². The highest BCUT2D eigenvalue weighted by Gasteiger charge is 2.30.